The van der Waals surface area contributed by atoms with E-state index in [4.69, 9.17) is 0 Å². The van der Waals surface area contributed by atoms with Gasteiger partial charge in [-0.05, 0) is 36.1 Å². The zero-order valence-corrected chi connectivity index (χ0v) is 15.6. The highest BCUT2D eigenvalue weighted by Crippen LogP contribution is 2.16. The van der Waals surface area contributed by atoms with E-state index in [1.807, 2.05) is 44.2 Å². The second-order valence-electron chi connectivity index (χ2n) is 6.86. The summed E-state index contributed by atoms with van der Waals surface area (Å²) in [6, 6.07) is 11.5. The van der Waals surface area contributed by atoms with Gasteiger partial charge in [0.2, 0.25) is 11.8 Å². The second-order valence-corrected chi connectivity index (χ2v) is 6.86. The zero-order chi connectivity index (χ0) is 20.0. The van der Waals surface area contributed by atoms with E-state index >= 15 is 0 Å². The minimum Gasteiger partial charge on any atom is -0.348 e. The van der Waals surface area contributed by atoms with Crippen LogP contribution < -0.4 is 10.6 Å². The zero-order valence-electron chi connectivity index (χ0n) is 15.6. The highest BCUT2D eigenvalue weighted by Gasteiger charge is 2.25. The number of rotatable bonds is 7. The van der Waals surface area contributed by atoms with Crippen LogP contribution in [0.1, 0.15) is 37.9 Å². The molecule has 4 nitrogen and oxygen atoms in total. The second kappa shape index (κ2) is 9.26. The Kier molecular flexibility index (Phi) is 7.05. The van der Waals surface area contributed by atoms with E-state index in [1.54, 1.807) is 6.92 Å². The third-order valence-electron chi connectivity index (χ3n) is 4.28. The summed E-state index contributed by atoms with van der Waals surface area (Å²) in [5.74, 6) is -2.67. The first kappa shape index (κ1) is 20.6. The fourth-order valence-corrected chi connectivity index (χ4v) is 2.71. The standard InChI is InChI=1S/C21H24F2N2O2/c1-13(2)20(25-19(26)11-15-7-5-4-6-8-15)21(27)24-14(3)16-9-10-17(22)18(23)12-16/h4-10,12-14,20H,11H2,1-3H3,(H,24,27)(H,25,26)/t14-,20+/m0/s1. The van der Waals surface area contributed by atoms with Gasteiger partial charge in [0.1, 0.15) is 6.04 Å². The molecule has 2 atom stereocenters. The van der Waals surface area contributed by atoms with E-state index in [9.17, 15) is 18.4 Å². The smallest absolute Gasteiger partial charge is 0.243 e. The van der Waals surface area contributed by atoms with Gasteiger partial charge in [0.05, 0.1) is 12.5 Å². The molecule has 0 unspecified atom stereocenters. The van der Waals surface area contributed by atoms with E-state index in [0.29, 0.717) is 5.56 Å². The van der Waals surface area contributed by atoms with Crippen molar-refractivity contribution < 1.29 is 18.4 Å². The third-order valence-corrected chi connectivity index (χ3v) is 4.28. The lowest BCUT2D eigenvalue weighted by Gasteiger charge is -2.24. The number of hydrogen-bond donors (Lipinski definition) is 2. The number of carbonyl (C=O) groups is 2. The van der Waals surface area contributed by atoms with E-state index in [-0.39, 0.29) is 24.2 Å². The van der Waals surface area contributed by atoms with Crippen LogP contribution in [0.15, 0.2) is 48.5 Å². The first-order chi connectivity index (χ1) is 12.8. The molecule has 0 spiro atoms. The molecule has 2 rings (SSSR count). The van der Waals surface area contributed by atoms with Crippen molar-refractivity contribution in [3.05, 3.63) is 71.3 Å². The summed E-state index contributed by atoms with van der Waals surface area (Å²) < 4.78 is 26.5. The molecular weight excluding hydrogens is 350 g/mol. The predicted octanol–water partition coefficient (Wildman–Crippen LogP) is 3.53. The van der Waals surface area contributed by atoms with Crippen molar-refractivity contribution in [1.29, 1.82) is 0 Å². The maximum absolute atomic E-state index is 13.4. The normalized spacial score (nSPS) is 13.1. The summed E-state index contributed by atoms with van der Waals surface area (Å²) in [6.45, 7) is 5.33. The summed E-state index contributed by atoms with van der Waals surface area (Å²) >= 11 is 0. The lowest BCUT2D eigenvalue weighted by atomic mass is 10.0. The van der Waals surface area contributed by atoms with E-state index in [1.165, 1.54) is 6.07 Å². The molecule has 0 aromatic heterocycles. The summed E-state index contributed by atoms with van der Waals surface area (Å²) in [4.78, 5) is 24.9. The summed E-state index contributed by atoms with van der Waals surface area (Å²) in [7, 11) is 0. The highest BCUT2D eigenvalue weighted by atomic mass is 19.2. The van der Waals surface area contributed by atoms with Gasteiger partial charge in [-0.25, -0.2) is 8.78 Å². The minimum absolute atomic E-state index is 0.137. The minimum atomic E-state index is -0.967. The van der Waals surface area contributed by atoms with Gasteiger partial charge >= 0.3 is 0 Å². The van der Waals surface area contributed by atoms with Crippen LogP contribution in [-0.4, -0.2) is 17.9 Å². The topological polar surface area (TPSA) is 58.2 Å². The van der Waals surface area contributed by atoms with Gasteiger partial charge in [-0.1, -0.05) is 50.2 Å². The van der Waals surface area contributed by atoms with Gasteiger partial charge in [0, 0.05) is 0 Å². The van der Waals surface area contributed by atoms with E-state index in [0.717, 1.165) is 17.7 Å². The summed E-state index contributed by atoms with van der Waals surface area (Å²) in [5, 5.41) is 5.51. The first-order valence-corrected chi connectivity index (χ1v) is 8.86. The van der Waals surface area contributed by atoms with Crippen molar-refractivity contribution in [2.24, 2.45) is 5.92 Å². The van der Waals surface area contributed by atoms with Crippen molar-refractivity contribution in [3.8, 4) is 0 Å². The van der Waals surface area contributed by atoms with Gasteiger partial charge in [0.15, 0.2) is 11.6 Å². The average molecular weight is 374 g/mol. The Morgan fingerprint density at radius 3 is 2.19 bits per heavy atom. The molecule has 0 saturated heterocycles. The van der Waals surface area contributed by atoms with Crippen molar-refractivity contribution in [2.75, 3.05) is 0 Å². The monoisotopic (exact) mass is 374 g/mol. The summed E-state index contributed by atoms with van der Waals surface area (Å²) in [5.41, 5.74) is 1.30. The van der Waals surface area contributed by atoms with Crippen LogP contribution in [-0.2, 0) is 16.0 Å². The van der Waals surface area contributed by atoms with E-state index in [2.05, 4.69) is 10.6 Å². The average Bonchev–Trinajstić information content (AvgIpc) is 2.62. The lowest BCUT2D eigenvalue weighted by Crippen LogP contribution is -2.50. The van der Waals surface area contributed by atoms with Crippen LogP contribution in [0.2, 0.25) is 0 Å². The fraction of sp³-hybridized carbons (Fsp3) is 0.333. The molecule has 6 heteroatoms. The molecule has 2 N–H and O–H groups in total. The Hall–Kier alpha value is -2.76. The van der Waals surface area contributed by atoms with Gasteiger partial charge < -0.3 is 10.6 Å². The van der Waals surface area contributed by atoms with Crippen molar-refractivity contribution in [1.82, 2.24) is 10.6 Å². The largest absolute Gasteiger partial charge is 0.348 e. The molecule has 0 aliphatic rings. The molecule has 0 bridgehead atoms. The first-order valence-electron chi connectivity index (χ1n) is 8.86. The number of amides is 2. The highest BCUT2D eigenvalue weighted by molar-refractivity contribution is 5.88. The van der Waals surface area contributed by atoms with Crippen molar-refractivity contribution >= 4 is 11.8 Å². The number of halogens is 2. The van der Waals surface area contributed by atoms with Gasteiger partial charge in [-0.3, -0.25) is 9.59 Å². The van der Waals surface area contributed by atoms with Crippen LogP contribution in [0, 0.1) is 17.6 Å². The lowest BCUT2D eigenvalue weighted by molar-refractivity contribution is -0.130. The number of hydrogen-bond acceptors (Lipinski definition) is 2. The Balaban J connectivity index is 2.01. The molecule has 0 saturated carbocycles. The Morgan fingerprint density at radius 1 is 0.926 bits per heavy atom. The summed E-state index contributed by atoms with van der Waals surface area (Å²) in [6.07, 6.45) is 0.177. The molecule has 144 valence electrons. The molecule has 0 aliphatic heterocycles. The van der Waals surface area contributed by atoms with Crippen molar-refractivity contribution in [3.63, 3.8) is 0 Å². The quantitative estimate of drug-likeness (QED) is 0.779. The van der Waals surface area contributed by atoms with Crippen LogP contribution >= 0.6 is 0 Å². The maximum Gasteiger partial charge on any atom is 0.243 e. The van der Waals surface area contributed by atoms with Gasteiger partial charge in [-0.15, -0.1) is 0 Å². The van der Waals surface area contributed by atoms with Crippen LogP contribution in [0.25, 0.3) is 0 Å². The van der Waals surface area contributed by atoms with Crippen LogP contribution in [0.4, 0.5) is 8.78 Å². The van der Waals surface area contributed by atoms with Gasteiger partial charge in [-0.2, -0.15) is 0 Å². The van der Waals surface area contributed by atoms with Crippen LogP contribution in [0.5, 0.6) is 0 Å². The maximum atomic E-state index is 13.4. The van der Waals surface area contributed by atoms with Crippen LogP contribution in [0.3, 0.4) is 0 Å². The van der Waals surface area contributed by atoms with Crippen molar-refractivity contribution in [2.45, 2.75) is 39.3 Å². The molecule has 27 heavy (non-hydrogen) atoms. The Bertz CT molecular complexity index is 794. The molecule has 0 aliphatic carbocycles. The number of nitrogens with one attached hydrogen (secondary N) is 2. The molecule has 2 amide bonds. The third kappa shape index (κ3) is 5.88. The van der Waals surface area contributed by atoms with Gasteiger partial charge in [0.25, 0.3) is 0 Å². The van der Waals surface area contributed by atoms with E-state index < -0.39 is 23.7 Å². The Labute approximate surface area is 158 Å². The molecule has 0 heterocycles. The molecule has 2 aromatic carbocycles. The molecule has 0 radical (unpaired) electrons. The number of carbonyl (C=O) groups excluding carboxylic acids is 2. The predicted molar refractivity (Wildman–Crippen MR) is 99.8 cm³/mol. The number of benzene rings is 2. The molecular formula is C21H24F2N2O2. The molecule has 2 aromatic rings. The molecule has 0 fully saturated rings. The fourth-order valence-electron chi connectivity index (χ4n) is 2.71. The Morgan fingerprint density at radius 2 is 1.59 bits per heavy atom. The SMILES string of the molecule is CC(C)[C@@H](NC(=O)Cc1ccccc1)C(=O)N[C@@H](C)c1ccc(F)c(F)c1.